The number of aryl methyl sites for hydroxylation is 1. The molecular formula is C29H39N5O. The highest BCUT2D eigenvalue weighted by molar-refractivity contribution is 6.06. The number of benzene rings is 2. The van der Waals surface area contributed by atoms with Gasteiger partial charge in [-0.15, -0.1) is 0 Å². The van der Waals surface area contributed by atoms with Crippen LogP contribution in [-0.4, -0.2) is 31.8 Å². The quantitative estimate of drug-likeness (QED) is 0.289. The smallest absolute Gasteiger partial charge is 0.152 e. The molecule has 0 saturated heterocycles. The summed E-state index contributed by atoms with van der Waals surface area (Å²) in [6.45, 7) is 9.19. The first-order valence-electron chi connectivity index (χ1n) is 12.8. The summed E-state index contributed by atoms with van der Waals surface area (Å²) in [5.41, 5.74) is 17.6. The summed E-state index contributed by atoms with van der Waals surface area (Å²) in [5.74, 6) is 1.66. The number of aromatic nitrogens is 3. The first kappa shape index (κ1) is 25.1. The van der Waals surface area contributed by atoms with Crippen LogP contribution in [-0.2, 0) is 19.4 Å². The van der Waals surface area contributed by atoms with E-state index in [4.69, 9.17) is 21.4 Å². The summed E-state index contributed by atoms with van der Waals surface area (Å²) in [6, 6.07) is 15.2. The van der Waals surface area contributed by atoms with E-state index in [0.717, 1.165) is 59.9 Å². The second kappa shape index (κ2) is 10.3. The lowest BCUT2D eigenvalue weighted by Gasteiger charge is -2.22. The number of fused-ring (bicyclic) bond motifs is 3. The van der Waals surface area contributed by atoms with Crippen LogP contribution in [0.1, 0.15) is 75.4 Å². The molecule has 0 fully saturated rings. The molecule has 0 spiro atoms. The van der Waals surface area contributed by atoms with E-state index in [1.54, 1.807) is 0 Å². The minimum atomic E-state index is -0.881. The van der Waals surface area contributed by atoms with Crippen molar-refractivity contribution < 1.29 is 5.11 Å². The van der Waals surface area contributed by atoms with Crippen molar-refractivity contribution in [2.24, 2.45) is 5.73 Å². The Labute approximate surface area is 208 Å². The fraction of sp³-hybridized carbons (Fsp3) is 0.448. The number of pyridine rings is 1. The van der Waals surface area contributed by atoms with Crippen LogP contribution in [0.4, 0.5) is 5.82 Å². The van der Waals surface area contributed by atoms with Gasteiger partial charge in [0.05, 0.1) is 23.2 Å². The van der Waals surface area contributed by atoms with E-state index >= 15 is 0 Å². The normalized spacial score (nSPS) is 13.1. The number of hydrogen-bond acceptors (Lipinski definition) is 5. The zero-order chi connectivity index (χ0) is 25.2. The van der Waals surface area contributed by atoms with Crippen molar-refractivity contribution in [2.45, 2.75) is 77.9 Å². The van der Waals surface area contributed by atoms with Crippen molar-refractivity contribution in [3.8, 4) is 0 Å². The van der Waals surface area contributed by atoms with Crippen LogP contribution < -0.4 is 11.5 Å². The standard InChI is InChI=1S/C29H39N5O/c1-5-8-19(2)28-33-25-26(34(28)18-29(3,4)35)23-13-12-22(17-24(23)32-27(25)31)16-21-10-6-9-20(15-21)11-7-14-30/h6,9-10,12-13,15,17,19,35H,5,7-8,11,14,16,18,30H2,1-4H3,(H2,31,32). The predicted octanol–water partition coefficient (Wildman–Crippen LogP) is 5.32. The summed E-state index contributed by atoms with van der Waals surface area (Å²) in [6.07, 6.45) is 4.92. The van der Waals surface area contributed by atoms with E-state index in [1.165, 1.54) is 16.7 Å². The number of anilines is 1. The van der Waals surface area contributed by atoms with Crippen LogP contribution in [0.25, 0.3) is 21.9 Å². The van der Waals surface area contributed by atoms with E-state index in [-0.39, 0.29) is 5.92 Å². The van der Waals surface area contributed by atoms with Gasteiger partial charge in [-0.3, -0.25) is 0 Å². The molecule has 0 bridgehead atoms. The first-order chi connectivity index (χ1) is 16.7. The molecule has 4 rings (SSSR count). The molecule has 2 heterocycles. The molecule has 0 aliphatic heterocycles. The molecule has 5 N–H and O–H groups in total. The van der Waals surface area contributed by atoms with Crippen molar-refractivity contribution in [2.75, 3.05) is 12.3 Å². The second-order valence-electron chi connectivity index (χ2n) is 10.5. The van der Waals surface area contributed by atoms with Gasteiger partial charge >= 0.3 is 0 Å². The Morgan fingerprint density at radius 2 is 1.80 bits per heavy atom. The van der Waals surface area contributed by atoms with Crippen molar-refractivity contribution in [1.82, 2.24) is 14.5 Å². The Balaban J connectivity index is 1.79. The molecule has 2 aromatic heterocycles. The summed E-state index contributed by atoms with van der Waals surface area (Å²) in [5, 5.41) is 11.7. The van der Waals surface area contributed by atoms with E-state index in [9.17, 15) is 5.11 Å². The molecule has 2 aromatic carbocycles. The van der Waals surface area contributed by atoms with Gasteiger partial charge in [0.15, 0.2) is 5.82 Å². The lowest BCUT2D eigenvalue weighted by molar-refractivity contribution is 0.0615. The van der Waals surface area contributed by atoms with Crippen LogP contribution >= 0.6 is 0 Å². The minimum Gasteiger partial charge on any atom is -0.389 e. The van der Waals surface area contributed by atoms with Gasteiger partial charge in [-0.05, 0) is 68.8 Å². The summed E-state index contributed by atoms with van der Waals surface area (Å²) in [7, 11) is 0. The van der Waals surface area contributed by atoms with Gasteiger partial charge in [0.1, 0.15) is 11.3 Å². The fourth-order valence-electron chi connectivity index (χ4n) is 5.01. The fourth-order valence-corrected chi connectivity index (χ4v) is 5.01. The van der Waals surface area contributed by atoms with Crippen LogP contribution in [0.15, 0.2) is 42.5 Å². The Morgan fingerprint density at radius 1 is 1.06 bits per heavy atom. The number of nitrogens with zero attached hydrogens (tertiary/aromatic N) is 3. The molecule has 186 valence electrons. The largest absolute Gasteiger partial charge is 0.389 e. The Morgan fingerprint density at radius 3 is 2.51 bits per heavy atom. The first-order valence-corrected chi connectivity index (χ1v) is 12.8. The average Bonchev–Trinajstić information content (AvgIpc) is 3.16. The molecule has 0 aliphatic rings. The van der Waals surface area contributed by atoms with Crippen molar-refractivity contribution in [3.05, 3.63) is 65.0 Å². The highest BCUT2D eigenvalue weighted by atomic mass is 16.3. The van der Waals surface area contributed by atoms with Gasteiger partial charge in [0.25, 0.3) is 0 Å². The third kappa shape index (κ3) is 5.65. The molecule has 0 saturated carbocycles. The van der Waals surface area contributed by atoms with Crippen molar-refractivity contribution in [1.29, 1.82) is 0 Å². The zero-order valence-electron chi connectivity index (χ0n) is 21.5. The van der Waals surface area contributed by atoms with E-state index in [0.29, 0.717) is 18.9 Å². The number of nitrogen functional groups attached to an aromatic ring is 1. The Bertz CT molecular complexity index is 1320. The third-order valence-electron chi connectivity index (χ3n) is 6.57. The van der Waals surface area contributed by atoms with Gasteiger partial charge in [0.2, 0.25) is 0 Å². The highest BCUT2D eigenvalue weighted by Gasteiger charge is 2.24. The molecule has 0 radical (unpaired) electrons. The molecule has 1 atom stereocenters. The van der Waals surface area contributed by atoms with Gasteiger partial charge in [-0.2, -0.15) is 0 Å². The van der Waals surface area contributed by atoms with Gasteiger partial charge in [-0.25, -0.2) is 9.97 Å². The SMILES string of the molecule is CCCC(C)c1nc2c(N)nc3cc(Cc4cccc(CCCN)c4)ccc3c2n1CC(C)(C)O. The molecule has 6 nitrogen and oxygen atoms in total. The number of aliphatic hydroxyl groups is 1. The molecule has 6 heteroatoms. The zero-order valence-corrected chi connectivity index (χ0v) is 21.5. The van der Waals surface area contributed by atoms with E-state index in [1.807, 2.05) is 13.8 Å². The van der Waals surface area contributed by atoms with Crippen LogP contribution in [0.3, 0.4) is 0 Å². The highest BCUT2D eigenvalue weighted by Crippen LogP contribution is 2.34. The van der Waals surface area contributed by atoms with Crippen LogP contribution in [0.5, 0.6) is 0 Å². The number of rotatable bonds is 10. The molecule has 1 unspecified atom stereocenters. The predicted molar refractivity (Wildman–Crippen MR) is 146 cm³/mol. The molecule has 4 aromatic rings. The molecule has 35 heavy (non-hydrogen) atoms. The summed E-state index contributed by atoms with van der Waals surface area (Å²) in [4.78, 5) is 9.69. The van der Waals surface area contributed by atoms with Crippen LogP contribution in [0.2, 0.25) is 0 Å². The topological polar surface area (TPSA) is 103 Å². The van der Waals surface area contributed by atoms with Gasteiger partial charge < -0.3 is 21.1 Å². The van der Waals surface area contributed by atoms with Gasteiger partial charge in [-0.1, -0.05) is 56.7 Å². The monoisotopic (exact) mass is 473 g/mol. The summed E-state index contributed by atoms with van der Waals surface area (Å²) < 4.78 is 2.16. The minimum absolute atomic E-state index is 0.259. The molecule has 0 aliphatic carbocycles. The summed E-state index contributed by atoms with van der Waals surface area (Å²) >= 11 is 0. The van der Waals surface area contributed by atoms with Crippen LogP contribution in [0, 0.1) is 0 Å². The lowest BCUT2D eigenvalue weighted by Crippen LogP contribution is -2.27. The number of hydrogen-bond donors (Lipinski definition) is 3. The maximum absolute atomic E-state index is 10.7. The van der Waals surface area contributed by atoms with Crippen molar-refractivity contribution >= 4 is 27.8 Å². The average molecular weight is 474 g/mol. The molecular weight excluding hydrogens is 434 g/mol. The van der Waals surface area contributed by atoms with Gasteiger partial charge in [0, 0.05) is 11.3 Å². The maximum atomic E-state index is 10.7. The number of imidazole rings is 1. The Kier molecular flexibility index (Phi) is 7.43. The lowest BCUT2D eigenvalue weighted by atomic mass is 9.99. The number of nitrogens with two attached hydrogens (primary N) is 2. The molecule has 0 amide bonds. The third-order valence-corrected chi connectivity index (χ3v) is 6.57. The van der Waals surface area contributed by atoms with E-state index < -0.39 is 5.60 Å². The van der Waals surface area contributed by atoms with Crippen molar-refractivity contribution in [3.63, 3.8) is 0 Å². The second-order valence-corrected chi connectivity index (χ2v) is 10.5. The maximum Gasteiger partial charge on any atom is 0.152 e. The Hall–Kier alpha value is -2.96. The van der Waals surface area contributed by atoms with E-state index in [2.05, 4.69) is 60.9 Å².